The number of hydrogen-bond acceptors (Lipinski definition) is 0. The summed E-state index contributed by atoms with van der Waals surface area (Å²) in [6.45, 7) is 15.1. The average molecular weight is 274 g/mol. The van der Waals surface area contributed by atoms with Crippen LogP contribution >= 0.6 is 17.0 Å². The molecule has 0 heterocycles. The fourth-order valence-corrected chi connectivity index (χ4v) is 1.73. The van der Waals surface area contributed by atoms with E-state index in [1.807, 2.05) is 19.1 Å². The normalized spacial score (nSPS) is 7.08. The fraction of sp³-hybridized carbons (Fsp3) is 0.500. The minimum Gasteiger partial charge on any atom is -0.344 e. The zero-order chi connectivity index (χ0) is 9.11. The standard InChI is InChI=1S/C7H13Si.C3H7.BrH.Mg/c1-4-6-8(3)7-5-2;1-3-2;;/h4-5H,1-2,6-7H2,3H3;1,3H2,2H3;1H;/q2*-1;;+2. The van der Waals surface area contributed by atoms with E-state index in [0.717, 1.165) is 6.42 Å². The van der Waals surface area contributed by atoms with Crippen LogP contribution in [0.1, 0.15) is 13.3 Å². The van der Waals surface area contributed by atoms with Gasteiger partial charge in [0, 0.05) is 0 Å². The molecular formula is C10H21BrMgSi. The molecular weight excluding hydrogens is 252 g/mol. The van der Waals surface area contributed by atoms with Gasteiger partial charge in [0.1, 0.15) is 0 Å². The SMILES string of the molecule is Br.C=CC[Si-](C)CC=C.[CH2-]CC.[Mg+2]. The van der Waals surface area contributed by atoms with E-state index in [-0.39, 0.29) is 48.8 Å². The van der Waals surface area contributed by atoms with Gasteiger partial charge in [-0.05, 0) is 0 Å². The zero-order valence-electron chi connectivity index (χ0n) is 9.01. The minimum atomic E-state index is -0.128. The molecule has 0 aliphatic heterocycles. The minimum absolute atomic E-state index is 0. The van der Waals surface area contributed by atoms with Gasteiger partial charge in [-0.1, -0.05) is 6.92 Å². The van der Waals surface area contributed by atoms with Crippen LogP contribution in [0.2, 0.25) is 18.6 Å². The van der Waals surface area contributed by atoms with Gasteiger partial charge in [0.15, 0.2) is 0 Å². The van der Waals surface area contributed by atoms with Gasteiger partial charge in [0.2, 0.25) is 0 Å². The monoisotopic (exact) mass is 272 g/mol. The summed E-state index contributed by atoms with van der Waals surface area (Å²) >= 11 is 0. The van der Waals surface area contributed by atoms with Gasteiger partial charge < -0.3 is 6.92 Å². The molecule has 0 saturated carbocycles. The molecule has 0 aromatic heterocycles. The summed E-state index contributed by atoms with van der Waals surface area (Å²) in [5.74, 6) is 0. The van der Waals surface area contributed by atoms with Crippen molar-refractivity contribution in [3.8, 4) is 0 Å². The third-order valence-corrected chi connectivity index (χ3v) is 2.96. The molecule has 0 amide bonds. The van der Waals surface area contributed by atoms with E-state index in [4.69, 9.17) is 0 Å². The Labute approximate surface area is 112 Å². The summed E-state index contributed by atoms with van der Waals surface area (Å²) in [4.78, 5) is 0. The van der Waals surface area contributed by atoms with E-state index in [9.17, 15) is 0 Å². The summed E-state index contributed by atoms with van der Waals surface area (Å²) in [6, 6.07) is 2.41. The van der Waals surface area contributed by atoms with Crippen LogP contribution < -0.4 is 0 Å². The Morgan fingerprint density at radius 2 is 1.46 bits per heavy atom. The number of hydrogen-bond donors (Lipinski definition) is 0. The second-order valence-electron chi connectivity index (χ2n) is 2.44. The van der Waals surface area contributed by atoms with Crippen molar-refractivity contribution in [1.82, 2.24) is 0 Å². The number of allylic oxidation sites excluding steroid dienone is 2. The molecule has 3 heteroatoms. The Morgan fingerprint density at radius 1 is 1.23 bits per heavy atom. The van der Waals surface area contributed by atoms with Gasteiger partial charge in [0.05, 0.1) is 0 Å². The van der Waals surface area contributed by atoms with Crippen LogP contribution in [0.25, 0.3) is 0 Å². The Balaban J connectivity index is -0.0000000720. The molecule has 0 spiro atoms. The summed E-state index contributed by atoms with van der Waals surface area (Å²) < 4.78 is 0. The fourth-order valence-electron chi connectivity index (χ4n) is 0.576. The maximum atomic E-state index is 3.67. The van der Waals surface area contributed by atoms with E-state index < -0.39 is 0 Å². The molecule has 0 unspecified atom stereocenters. The van der Waals surface area contributed by atoms with Crippen LogP contribution in [-0.4, -0.2) is 31.8 Å². The van der Waals surface area contributed by atoms with E-state index in [1.165, 1.54) is 12.1 Å². The van der Waals surface area contributed by atoms with Gasteiger partial charge in [-0.25, -0.2) is 0 Å². The molecule has 0 aromatic carbocycles. The third kappa shape index (κ3) is 32.2. The zero-order valence-corrected chi connectivity index (χ0v) is 13.1. The van der Waals surface area contributed by atoms with Gasteiger partial charge in [-0.3, -0.25) is 8.80 Å². The van der Waals surface area contributed by atoms with Crippen LogP contribution in [0, 0.1) is 6.92 Å². The molecule has 0 aliphatic carbocycles. The summed E-state index contributed by atoms with van der Waals surface area (Å²) in [7, 11) is -0.128. The first-order chi connectivity index (χ1) is 5.22. The molecule has 13 heavy (non-hydrogen) atoms. The van der Waals surface area contributed by atoms with Gasteiger partial charge in [-0.15, -0.1) is 42.3 Å². The molecule has 0 nitrogen and oxygen atoms in total. The van der Waals surface area contributed by atoms with Crippen molar-refractivity contribution in [3.63, 3.8) is 0 Å². The van der Waals surface area contributed by atoms with Crippen molar-refractivity contribution < 1.29 is 0 Å². The van der Waals surface area contributed by atoms with Crippen molar-refractivity contribution in [2.45, 2.75) is 32.0 Å². The van der Waals surface area contributed by atoms with Gasteiger partial charge in [-0.2, -0.15) is 25.1 Å². The maximum Gasteiger partial charge on any atom is 2.00 e. The molecule has 0 fully saturated rings. The molecule has 74 valence electrons. The Bertz CT molecular complexity index is 86.9. The van der Waals surface area contributed by atoms with Crippen molar-refractivity contribution in [3.05, 3.63) is 32.2 Å². The molecule has 0 N–H and O–H groups in total. The van der Waals surface area contributed by atoms with E-state index >= 15 is 0 Å². The predicted octanol–water partition coefficient (Wildman–Crippen LogP) is 3.91. The largest absolute Gasteiger partial charge is 2.00 e. The summed E-state index contributed by atoms with van der Waals surface area (Å²) in [5, 5.41) is 0. The van der Waals surface area contributed by atoms with Crippen LogP contribution in [-0.2, 0) is 0 Å². The first kappa shape index (κ1) is 23.6. The molecule has 0 aromatic rings. The van der Waals surface area contributed by atoms with Crippen molar-refractivity contribution >= 4 is 48.8 Å². The molecule has 0 bridgehead atoms. The molecule has 0 saturated heterocycles. The van der Waals surface area contributed by atoms with Crippen LogP contribution in [0.5, 0.6) is 0 Å². The summed E-state index contributed by atoms with van der Waals surface area (Å²) in [6.07, 6.45) is 5.00. The van der Waals surface area contributed by atoms with E-state index in [1.54, 1.807) is 0 Å². The quantitative estimate of drug-likeness (QED) is 0.414. The van der Waals surface area contributed by atoms with Crippen molar-refractivity contribution in [1.29, 1.82) is 0 Å². The Hall–Kier alpha value is 0.943. The number of rotatable bonds is 4. The molecule has 0 atom stereocenters. The van der Waals surface area contributed by atoms with Crippen LogP contribution in [0.15, 0.2) is 25.3 Å². The molecule has 0 aliphatic rings. The first-order valence-corrected chi connectivity index (χ1v) is 6.46. The second kappa shape index (κ2) is 23.1. The smallest absolute Gasteiger partial charge is 0.344 e. The van der Waals surface area contributed by atoms with Gasteiger partial charge >= 0.3 is 23.1 Å². The summed E-state index contributed by atoms with van der Waals surface area (Å²) in [5.41, 5.74) is 0. The van der Waals surface area contributed by atoms with Gasteiger partial charge in [0.25, 0.3) is 0 Å². The topological polar surface area (TPSA) is 0 Å². The Morgan fingerprint density at radius 3 is 1.62 bits per heavy atom. The first-order valence-electron chi connectivity index (χ1n) is 4.05. The molecule has 0 radical (unpaired) electrons. The average Bonchev–Trinajstić information content (AvgIpc) is 1.90. The van der Waals surface area contributed by atoms with Crippen molar-refractivity contribution in [2.24, 2.45) is 0 Å². The third-order valence-electron chi connectivity index (χ3n) is 0.986. The Kier molecular flexibility index (Phi) is 42.0. The molecule has 0 rings (SSSR count). The number of halogens is 1. The maximum absolute atomic E-state index is 3.67. The second-order valence-corrected chi connectivity index (χ2v) is 5.17. The predicted molar refractivity (Wildman–Crippen MR) is 73.4 cm³/mol. The van der Waals surface area contributed by atoms with Crippen molar-refractivity contribution in [2.75, 3.05) is 0 Å². The van der Waals surface area contributed by atoms with E-state index in [0.29, 0.717) is 0 Å². The van der Waals surface area contributed by atoms with E-state index in [2.05, 4.69) is 26.6 Å². The van der Waals surface area contributed by atoms with Crippen LogP contribution in [0.3, 0.4) is 0 Å². The van der Waals surface area contributed by atoms with Crippen LogP contribution in [0.4, 0.5) is 0 Å².